The number of fused-ring (bicyclic) bond motifs is 6. The van der Waals surface area contributed by atoms with Gasteiger partial charge in [0.05, 0.1) is 18.0 Å². The van der Waals surface area contributed by atoms with Gasteiger partial charge in [-0.1, -0.05) is 49.8 Å². The minimum absolute atomic E-state index is 0.0224. The van der Waals surface area contributed by atoms with Crippen molar-refractivity contribution in [3.63, 3.8) is 0 Å². The largest absolute Gasteiger partial charge is 0.480 e. The van der Waals surface area contributed by atoms with Crippen molar-refractivity contribution in [1.29, 1.82) is 0 Å². The van der Waals surface area contributed by atoms with Gasteiger partial charge >= 0.3 is 29.4 Å². The number of aromatic nitrogens is 4. The highest BCUT2D eigenvalue weighted by atomic mass is 16.6. The predicted molar refractivity (Wildman–Crippen MR) is 250 cm³/mol. The van der Waals surface area contributed by atoms with E-state index >= 15 is 0 Å². The van der Waals surface area contributed by atoms with Crippen molar-refractivity contribution in [2.75, 3.05) is 6.61 Å². The van der Waals surface area contributed by atoms with Crippen molar-refractivity contribution in [1.82, 2.24) is 29.7 Å². The van der Waals surface area contributed by atoms with Gasteiger partial charge in [-0.3, -0.25) is 19.6 Å². The van der Waals surface area contributed by atoms with Crippen LogP contribution in [0.15, 0.2) is 62.9 Å². The van der Waals surface area contributed by atoms with Crippen molar-refractivity contribution in [3.05, 3.63) is 77.3 Å². The maximum atomic E-state index is 12.7. The second-order valence-corrected chi connectivity index (χ2v) is 18.2. The Hall–Kier alpha value is -6.27. The van der Waals surface area contributed by atoms with Gasteiger partial charge < -0.3 is 37.8 Å². The number of rotatable bonds is 16. The molecule has 0 aromatic carbocycles. The molecule has 4 aromatic heterocycles. The molecule has 2 N–H and O–H groups in total. The smallest absolute Gasteiger partial charge is 0.410 e. The Balaban J connectivity index is 0.000000182. The molecule has 4 aromatic rings. The molecule has 4 atom stereocenters. The molecule has 1 aliphatic carbocycles. The summed E-state index contributed by atoms with van der Waals surface area (Å²) in [7, 11) is 0. The molecule has 1 amide bonds. The zero-order chi connectivity index (χ0) is 47.0. The first-order valence-electron chi connectivity index (χ1n) is 24.2. The lowest BCUT2D eigenvalue weighted by Gasteiger charge is -2.37. The maximum Gasteiger partial charge on any atom is 0.410 e. The minimum atomic E-state index is -0.548. The van der Waals surface area contributed by atoms with Crippen molar-refractivity contribution in [3.8, 4) is 12.0 Å². The van der Waals surface area contributed by atoms with E-state index in [2.05, 4.69) is 55.6 Å². The van der Waals surface area contributed by atoms with E-state index in [1.807, 2.05) is 11.8 Å². The van der Waals surface area contributed by atoms with Crippen LogP contribution in [-0.4, -0.2) is 84.1 Å². The third kappa shape index (κ3) is 11.1. The fourth-order valence-corrected chi connectivity index (χ4v) is 10.4. The quantitative estimate of drug-likeness (QED) is 0.0628. The number of hydrogen-bond donors (Lipinski definition) is 2. The number of carbonyl (C=O) groups is 1. The molecule has 9 rings (SSSR count). The molecule has 4 unspecified atom stereocenters. The second kappa shape index (κ2) is 21.6. The topological polar surface area (TPSA) is 237 Å². The molecule has 4 aliphatic heterocycles. The van der Waals surface area contributed by atoms with Crippen LogP contribution in [0.1, 0.15) is 147 Å². The molecular weight excluding hydrogens is 865 g/mol. The SMILES string of the molecule is C=C(OCC)N1C2CCC1CC(=NOc1nc3oc(=O)cc(CCCCC)c3c(=O)[nH]1)C2.CCCCCc1cc(=O)oc2nc(ON=C3CC4CCC(C3)N4C(=O)OC3CCCC3)[nH]c(=O)c12. The molecule has 19 nitrogen and oxygen atoms in total. The van der Waals surface area contributed by atoms with E-state index < -0.39 is 22.4 Å². The number of aryl methyl sites for hydroxylation is 2. The van der Waals surface area contributed by atoms with Gasteiger partial charge in [-0.25, -0.2) is 14.4 Å². The summed E-state index contributed by atoms with van der Waals surface area (Å²) in [4.78, 5) is 90.8. The van der Waals surface area contributed by atoms with Crippen molar-refractivity contribution in [2.45, 2.75) is 179 Å². The summed E-state index contributed by atoms with van der Waals surface area (Å²) in [5.41, 5.74) is 1.01. The molecule has 5 aliphatic rings. The fourth-order valence-electron chi connectivity index (χ4n) is 10.4. The number of H-pyrrole nitrogens is 2. The molecule has 1 saturated carbocycles. The van der Waals surface area contributed by atoms with Crippen LogP contribution in [0.5, 0.6) is 12.0 Å². The molecule has 360 valence electrons. The standard InChI is InChI=1S/C25H32N4O6.C23H30N4O5/c1-2-3-4-7-15-12-20(30)34-23-21(15)22(31)26-24(27-23)35-28-16-13-17-10-11-18(14-16)29(17)25(32)33-19-8-5-6-9-19;1-4-6-7-8-15-11-19(28)31-22-20(15)21(29)24-23(25-22)32-26-16-12-17-9-10-18(13-16)27(17)14(3)30-5-2/h12,17-19H,2-11,13-14H2,1H3,(H,26,27,31);11,17-18H,3-10,12-13H2,1-2H3,(H,24,25,29). The van der Waals surface area contributed by atoms with Crippen LogP contribution in [0.3, 0.4) is 0 Å². The molecule has 67 heavy (non-hydrogen) atoms. The Morgan fingerprint density at radius 1 is 0.687 bits per heavy atom. The van der Waals surface area contributed by atoms with E-state index in [1.165, 1.54) is 12.1 Å². The first kappa shape index (κ1) is 47.2. The van der Waals surface area contributed by atoms with Crippen molar-refractivity contribution < 1.29 is 32.8 Å². The second-order valence-electron chi connectivity index (χ2n) is 18.2. The highest BCUT2D eigenvalue weighted by molar-refractivity contribution is 5.88. The molecular formula is C48H62N8O11. The number of unbranched alkanes of at least 4 members (excludes halogenated alkanes) is 4. The van der Waals surface area contributed by atoms with E-state index in [9.17, 15) is 24.0 Å². The summed E-state index contributed by atoms with van der Waals surface area (Å²) < 4.78 is 21.7. The molecule has 4 saturated heterocycles. The number of hydrogen-bond acceptors (Lipinski definition) is 16. The lowest BCUT2D eigenvalue weighted by Crippen LogP contribution is -2.47. The molecule has 4 bridgehead atoms. The average molecular weight is 927 g/mol. The van der Waals surface area contributed by atoms with Crippen LogP contribution in [0, 0.1) is 0 Å². The highest BCUT2D eigenvalue weighted by Crippen LogP contribution is 2.38. The highest BCUT2D eigenvalue weighted by Gasteiger charge is 2.44. The number of carbonyl (C=O) groups excluding carboxylic acids is 1. The number of nitrogens with zero attached hydrogens (tertiary/aromatic N) is 6. The van der Waals surface area contributed by atoms with Crippen LogP contribution in [0.25, 0.3) is 22.2 Å². The number of amides is 1. The van der Waals surface area contributed by atoms with Gasteiger partial charge in [-0.15, -0.1) is 0 Å². The summed E-state index contributed by atoms with van der Waals surface area (Å²) >= 11 is 0. The monoisotopic (exact) mass is 926 g/mol. The number of oxime groups is 2. The van der Waals surface area contributed by atoms with Crippen LogP contribution in [0.2, 0.25) is 0 Å². The minimum Gasteiger partial charge on any atom is -0.480 e. The van der Waals surface area contributed by atoms with Crippen LogP contribution in [0.4, 0.5) is 4.79 Å². The number of nitrogens with one attached hydrogen (secondary N) is 2. The molecule has 5 fully saturated rings. The lowest BCUT2D eigenvalue weighted by molar-refractivity contribution is 0.0496. The van der Waals surface area contributed by atoms with E-state index in [-0.39, 0.29) is 65.2 Å². The number of aromatic amines is 2. The van der Waals surface area contributed by atoms with Crippen molar-refractivity contribution >= 4 is 39.7 Å². The zero-order valence-corrected chi connectivity index (χ0v) is 38.8. The molecule has 0 radical (unpaired) electrons. The number of ether oxygens (including phenoxy) is 2. The Bertz CT molecular complexity index is 2700. The molecule has 19 heteroatoms. The Kier molecular flexibility index (Phi) is 15.2. The van der Waals surface area contributed by atoms with Gasteiger partial charge in [0.1, 0.15) is 16.9 Å². The third-order valence-electron chi connectivity index (χ3n) is 13.5. The normalized spacial score (nSPS) is 21.1. The predicted octanol–water partition coefficient (Wildman–Crippen LogP) is 7.53. The van der Waals surface area contributed by atoms with Crippen LogP contribution >= 0.6 is 0 Å². The maximum absolute atomic E-state index is 12.7. The molecule has 0 spiro atoms. The summed E-state index contributed by atoms with van der Waals surface area (Å²) in [6, 6.07) is 3.16. The van der Waals surface area contributed by atoms with Crippen molar-refractivity contribution in [2.24, 2.45) is 10.3 Å². The van der Waals surface area contributed by atoms with Gasteiger partial charge in [0.25, 0.3) is 11.1 Å². The van der Waals surface area contributed by atoms with Gasteiger partial charge in [-0.2, -0.15) is 9.97 Å². The number of piperidine rings is 2. The Morgan fingerprint density at radius 2 is 1.13 bits per heavy atom. The third-order valence-corrected chi connectivity index (χ3v) is 13.5. The fraction of sp³-hybridized carbons (Fsp3) is 0.604. The summed E-state index contributed by atoms with van der Waals surface area (Å²) in [5, 5.41) is 9.05. The van der Waals surface area contributed by atoms with E-state index in [1.54, 1.807) is 0 Å². The van der Waals surface area contributed by atoms with E-state index in [4.69, 9.17) is 28.0 Å². The van der Waals surface area contributed by atoms with Gasteiger partial charge in [0.2, 0.25) is 11.4 Å². The first-order chi connectivity index (χ1) is 32.5. The average Bonchev–Trinajstić information content (AvgIpc) is 3.98. The summed E-state index contributed by atoms with van der Waals surface area (Å²) in [6.45, 7) is 10.8. The Labute approximate surface area is 387 Å². The molecule has 8 heterocycles. The van der Waals surface area contributed by atoms with Crippen LogP contribution < -0.4 is 32.0 Å². The first-order valence-corrected chi connectivity index (χ1v) is 24.2. The van der Waals surface area contributed by atoms with Crippen LogP contribution in [-0.2, 0) is 22.3 Å². The van der Waals surface area contributed by atoms with E-state index in [0.29, 0.717) is 54.7 Å². The van der Waals surface area contributed by atoms with E-state index in [0.717, 1.165) is 114 Å². The zero-order valence-electron chi connectivity index (χ0n) is 38.8. The van der Waals surface area contributed by atoms with Gasteiger partial charge in [-0.05, 0) is 102 Å². The summed E-state index contributed by atoms with van der Waals surface area (Å²) in [6.07, 6.45) is 17.6. The lowest BCUT2D eigenvalue weighted by atomic mass is 10.0. The van der Waals surface area contributed by atoms with Gasteiger partial charge in [0.15, 0.2) is 5.88 Å². The van der Waals surface area contributed by atoms with Gasteiger partial charge in [0, 0.05) is 62.0 Å². The Morgan fingerprint density at radius 3 is 1.57 bits per heavy atom. The summed E-state index contributed by atoms with van der Waals surface area (Å²) in [5.74, 6) is 0.713.